The molecular weight excluding hydrogens is 272 g/mol. The van der Waals surface area contributed by atoms with Crippen LogP contribution in [0.2, 0.25) is 0 Å². The summed E-state index contributed by atoms with van der Waals surface area (Å²) in [6, 6.07) is 15.1. The summed E-state index contributed by atoms with van der Waals surface area (Å²) in [7, 11) is 1.59. The lowest BCUT2D eigenvalue weighted by atomic mass is 10.1. The van der Waals surface area contributed by atoms with E-state index in [0.717, 1.165) is 11.3 Å². The van der Waals surface area contributed by atoms with Crippen molar-refractivity contribution in [2.75, 3.05) is 13.7 Å². The van der Waals surface area contributed by atoms with Gasteiger partial charge in [-0.15, -0.1) is 0 Å². The third-order valence-corrected chi connectivity index (χ3v) is 3.44. The second kappa shape index (κ2) is 6.68. The molecule has 2 rings (SSSR count). The molecule has 2 nitrogen and oxygen atoms in total. The quantitative estimate of drug-likeness (QED) is 0.863. The monoisotopic (exact) mass is 291 g/mol. The van der Waals surface area contributed by atoms with Crippen molar-refractivity contribution >= 4 is 0 Å². The highest BCUT2D eigenvalue weighted by atomic mass is 19.3. The van der Waals surface area contributed by atoms with Crippen molar-refractivity contribution in [1.29, 1.82) is 0 Å². The molecule has 0 aliphatic heterocycles. The van der Waals surface area contributed by atoms with E-state index in [9.17, 15) is 8.78 Å². The first-order valence-corrected chi connectivity index (χ1v) is 6.83. The number of hydrogen-bond acceptors (Lipinski definition) is 2. The van der Waals surface area contributed by atoms with Gasteiger partial charge in [0.15, 0.2) is 0 Å². The zero-order valence-electron chi connectivity index (χ0n) is 12.1. The maximum Gasteiger partial charge on any atom is 0.285 e. The Hall–Kier alpha value is -1.94. The summed E-state index contributed by atoms with van der Waals surface area (Å²) < 4.78 is 33.2. The van der Waals surface area contributed by atoms with Crippen LogP contribution < -0.4 is 10.1 Å². The molecule has 0 heterocycles. The number of ether oxygens (including phenoxy) is 1. The minimum absolute atomic E-state index is 0.0273. The maximum atomic E-state index is 14.1. The summed E-state index contributed by atoms with van der Waals surface area (Å²) in [6.45, 7) is 1.47. The number of alkyl halides is 2. The molecule has 21 heavy (non-hydrogen) atoms. The maximum absolute atomic E-state index is 14.1. The van der Waals surface area contributed by atoms with Gasteiger partial charge < -0.3 is 10.1 Å². The van der Waals surface area contributed by atoms with Crippen LogP contribution in [0, 0.1) is 0 Å². The molecule has 1 N–H and O–H groups in total. The Bertz CT molecular complexity index is 555. The van der Waals surface area contributed by atoms with Crippen molar-refractivity contribution in [3.05, 3.63) is 65.7 Å². The van der Waals surface area contributed by atoms with Crippen LogP contribution in [0.15, 0.2) is 54.6 Å². The van der Waals surface area contributed by atoms with Gasteiger partial charge in [-0.3, -0.25) is 0 Å². The van der Waals surface area contributed by atoms with Crippen LogP contribution >= 0.6 is 0 Å². The van der Waals surface area contributed by atoms with Crippen LogP contribution in [0.4, 0.5) is 8.78 Å². The van der Waals surface area contributed by atoms with Gasteiger partial charge in [0.25, 0.3) is 5.92 Å². The zero-order chi connectivity index (χ0) is 15.3. The molecule has 0 aliphatic carbocycles. The first kappa shape index (κ1) is 15.4. The minimum atomic E-state index is -2.89. The average molecular weight is 291 g/mol. The second-order valence-electron chi connectivity index (χ2n) is 4.95. The summed E-state index contributed by atoms with van der Waals surface area (Å²) >= 11 is 0. The lowest BCUT2D eigenvalue weighted by molar-refractivity contribution is -0.00534. The molecule has 0 bridgehead atoms. The first-order chi connectivity index (χ1) is 10.0. The molecule has 0 amide bonds. The van der Waals surface area contributed by atoms with Gasteiger partial charge in [0.1, 0.15) is 5.75 Å². The third kappa shape index (κ3) is 4.02. The van der Waals surface area contributed by atoms with Gasteiger partial charge in [0, 0.05) is 11.6 Å². The normalized spacial score (nSPS) is 13.0. The van der Waals surface area contributed by atoms with E-state index in [0.29, 0.717) is 0 Å². The summed E-state index contributed by atoms with van der Waals surface area (Å²) in [5.41, 5.74) is 0.971. The predicted molar refractivity (Wildman–Crippen MR) is 79.7 cm³/mol. The highest BCUT2D eigenvalue weighted by molar-refractivity contribution is 5.29. The van der Waals surface area contributed by atoms with E-state index in [1.807, 2.05) is 31.2 Å². The Labute approximate surface area is 123 Å². The van der Waals surface area contributed by atoms with E-state index >= 15 is 0 Å². The first-order valence-electron chi connectivity index (χ1n) is 6.83. The molecule has 2 aromatic rings. The SMILES string of the molecule is COc1ccc([C@@H](C)NCC(F)(F)c2ccccc2)cc1. The highest BCUT2D eigenvalue weighted by Crippen LogP contribution is 2.28. The van der Waals surface area contributed by atoms with Crippen LogP contribution in [-0.2, 0) is 5.92 Å². The highest BCUT2D eigenvalue weighted by Gasteiger charge is 2.31. The molecule has 0 unspecified atom stereocenters. The van der Waals surface area contributed by atoms with Crippen molar-refractivity contribution < 1.29 is 13.5 Å². The molecule has 0 spiro atoms. The van der Waals surface area contributed by atoms with Crippen molar-refractivity contribution in [2.45, 2.75) is 18.9 Å². The second-order valence-corrected chi connectivity index (χ2v) is 4.95. The fourth-order valence-corrected chi connectivity index (χ4v) is 2.08. The Balaban J connectivity index is 1.98. The van der Waals surface area contributed by atoms with Crippen LogP contribution in [0.25, 0.3) is 0 Å². The number of benzene rings is 2. The molecule has 1 atom stereocenters. The standard InChI is InChI=1S/C17H19F2NO/c1-13(14-8-10-16(21-2)11-9-14)20-12-17(18,19)15-6-4-3-5-7-15/h3-11,13,20H,12H2,1-2H3/t13-/m1/s1. The minimum Gasteiger partial charge on any atom is -0.497 e. The molecular formula is C17H19F2NO. The van der Waals surface area contributed by atoms with Gasteiger partial charge in [0.05, 0.1) is 13.7 Å². The summed E-state index contributed by atoms with van der Waals surface area (Å²) in [5.74, 6) is -2.14. The van der Waals surface area contributed by atoms with Gasteiger partial charge in [-0.2, -0.15) is 8.78 Å². The lowest BCUT2D eigenvalue weighted by Gasteiger charge is -2.21. The molecule has 0 saturated carbocycles. The molecule has 0 saturated heterocycles. The van der Waals surface area contributed by atoms with E-state index in [1.165, 1.54) is 12.1 Å². The Morgan fingerprint density at radius 3 is 2.24 bits per heavy atom. The third-order valence-electron chi connectivity index (χ3n) is 3.44. The van der Waals surface area contributed by atoms with E-state index in [2.05, 4.69) is 5.32 Å². The van der Waals surface area contributed by atoms with Crippen molar-refractivity contribution in [1.82, 2.24) is 5.32 Å². The number of hydrogen-bond donors (Lipinski definition) is 1. The average Bonchev–Trinajstić information content (AvgIpc) is 2.53. The number of nitrogens with one attached hydrogen (secondary N) is 1. The van der Waals surface area contributed by atoms with Crippen LogP contribution in [0.3, 0.4) is 0 Å². The Morgan fingerprint density at radius 1 is 1.05 bits per heavy atom. The summed E-state index contributed by atoms with van der Waals surface area (Å²) in [5, 5.41) is 2.88. The molecule has 0 radical (unpaired) electrons. The molecule has 4 heteroatoms. The zero-order valence-corrected chi connectivity index (χ0v) is 12.1. The van der Waals surface area contributed by atoms with E-state index in [1.54, 1.807) is 25.3 Å². The van der Waals surface area contributed by atoms with Crippen LogP contribution in [-0.4, -0.2) is 13.7 Å². The van der Waals surface area contributed by atoms with E-state index in [4.69, 9.17) is 4.74 Å². The lowest BCUT2D eigenvalue weighted by Crippen LogP contribution is -2.32. The van der Waals surface area contributed by atoms with Crippen molar-refractivity contribution in [2.24, 2.45) is 0 Å². The van der Waals surface area contributed by atoms with Crippen molar-refractivity contribution in [3.63, 3.8) is 0 Å². The molecule has 0 aliphatic rings. The van der Waals surface area contributed by atoms with Gasteiger partial charge in [0.2, 0.25) is 0 Å². The molecule has 112 valence electrons. The number of rotatable bonds is 6. The van der Waals surface area contributed by atoms with E-state index in [-0.39, 0.29) is 11.6 Å². The van der Waals surface area contributed by atoms with Crippen LogP contribution in [0.1, 0.15) is 24.1 Å². The Kier molecular flexibility index (Phi) is 4.91. The fourth-order valence-electron chi connectivity index (χ4n) is 2.08. The molecule has 2 aromatic carbocycles. The predicted octanol–water partition coefficient (Wildman–Crippen LogP) is 4.14. The van der Waals surface area contributed by atoms with Gasteiger partial charge in [-0.25, -0.2) is 0 Å². The van der Waals surface area contributed by atoms with Gasteiger partial charge in [-0.1, -0.05) is 42.5 Å². The topological polar surface area (TPSA) is 21.3 Å². The summed E-state index contributed by atoms with van der Waals surface area (Å²) in [6.07, 6.45) is 0. The molecule has 0 fully saturated rings. The molecule has 0 aromatic heterocycles. The summed E-state index contributed by atoms with van der Waals surface area (Å²) in [4.78, 5) is 0. The van der Waals surface area contributed by atoms with Crippen LogP contribution in [0.5, 0.6) is 5.75 Å². The number of methoxy groups -OCH3 is 1. The fraction of sp³-hybridized carbons (Fsp3) is 0.294. The largest absolute Gasteiger partial charge is 0.497 e. The van der Waals surface area contributed by atoms with Crippen molar-refractivity contribution in [3.8, 4) is 5.75 Å². The van der Waals surface area contributed by atoms with Gasteiger partial charge in [-0.05, 0) is 24.6 Å². The Morgan fingerprint density at radius 2 is 1.67 bits per heavy atom. The van der Waals surface area contributed by atoms with E-state index < -0.39 is 12.5 Å². The smallest absolute Gasteiger partial charge is 0.285 e. The number of halogens is 2. The van der Waals surface area contributed by atoms with Gasteiger partial charge >= 0.3 is 0 Å².